The van der Waals surface area contributed by atoms with Gasteiger partial charge in [-0.2, -0.15) is 0 Å². The normalized spacial score (nSPS) is 16.1. The molecule has 9 heteroatoms. The lowest BCUT2D eigenvalue weighted by atomic mass is 10.1. The predicted octanol–water partition coefficient (Wildman–Crippen LogP) is 5.42. The van der Waals surface area contributed by atoms with Gasteiger partial charge in [0.15, 0.2) is 16.0 Å². The van der Waals surface area contributed by atoms with Crippen molar-refractivity contribution in [2.45, 2.75) is 45.6 Å². The monoisotopic (exact) mass is 456 g/mol. The second-order valence-corrected chi connectivity index (χ2v) is 9.33. The number of nitrogens with zero attached hydrogens (tertiary/aromatic N) is 2. The zero-order valence-electron chi connectivity index (χ0n) is 17.4. The third kappa shape index (κ3) is 5.55. The minimum atomic E-state index is -0.0711. The lowest BCUT2D eigenvalue weighted by Gasteiger charge is -2.21. The first kappa shape index (κ1) is 21.6. The number of aromatic nitrogens is 2. The molecular weight excluding hydrogens is 432 g/mol. The molecule has 1 aliphatic rings. The average molecular weight is 457 g/mol. The number of rotatable bonds is 7. The molecule has 1 amide bonds. The fraction of sp³-hybridized carbons (Fsp3) is 0.364. The van der Waals surface area contributed by atoms with Crippen molar-refractivity contribution in [1.82, 2.24) is 9.97 Å². The van der Waals surface area contributed by atoms with Crippen molar-refractivity contribution in [1.29, 1.82) is 0 Å². The number of thiazole rings is 2. The van der Waals surface area contributed by atoms with Crippen LogP contribution in [0.15, 0.2) is 29.6 Å². The summed E-state index contributed by atoms with van der Waals surface area (Å²) in [6.07, 6.45) is 3.47. The summed E-state index contributed by atoms with van der Waals surface area (Å²) in [4.78, 5) is 34.0. The van der Waals surface area contributed by atoms with Crippen molar-refractivity contribution < 1.29 is 14.3 Å². The Kier molecular flexibility index (Phi) is 6.74. The zero-order chi connectivity index (χ0) is 21.8. The zero-order valence-corrected chi connectivity index (χ0v) is 19.1. The first-order valence-corrected chi connectivity index (χ1v) is 11.9. The van der Waals surface area contributed by atoms with Crippen LogP contribution in [0.25, 0.3) is 10.6 Å². The highest BCUT2D eigenvalue weighted by Crippen LogP contribution is 2.35. The summed E-state index contributed by atoms with van der Waals surface area (Å²) in [5.41, 5.74) is 3.09. The molecule has 1 atom stereocenters. The quantitative estimate of drug-likeness (QED) is 0.461. The van der Waals surface area contributed by atoms with E-state index in [-0.39, 0.29) is 17.8 Å². The van der Waals surface area contributed by atoms with E-state index in [1.54, 1.807) is 13.0 Å². The highest BCUT2D eigenvalue weighted by atomic mass is 32.1. The Morgan fingerprint density at radius 2 is 2.10 bits per heavy atom. The minimum absolute atomic E-state index is 0.00274. The standard InChI is InChI=1S/C22H24N4O3S2/c1-13-20(31-22(23-13)26-19(28)11-17-8-3-4-9-29-17)18-12-30-21(25-18)24-16-7-5-6-15(10-16)14(2)27/h5-7,10,12,17H,3-4,8-9,11H2,1-2H3,(H,24,25)(H,23,26,28). The average Bonchev–Trinajstić information content (AvgIpc) is 3.35. The van der Waals surface area contributed by atoms with Crippen LogP contribution in [0.3, 0.4) is 0 Å². The van der Waals surface area contributed by atoms with E-state index in [1.165, 1.54) is 22.7 Å². The number of Topliss-reactive ketones (excluding diaryl/α,β-unsaturated/α-hetero) is 1. The largest absolute Gasteiger partial charge is 0.378 e. The maximum absolute atomic E-state index is 12.3. The van der Waals surface area contributed by atoms with Crippen LogP contribution in [0.4, 0.5) is 16.0 Å². The molecule has 4 rings (SSSR count). The van der Waals surface area contributed by atoms with Crippen molar-refractivity contribution in [3.05, 3.63) is 40.9 Å². The van der Waals surface area contributed by atoms with Crippen molar-refractivity contribution >= 4 is 50.3 Å². The number of ether oxygens (including phenoxy) is 1. The molecule has 31 heavy (non-hydrogen) atoms. The number of aryl methyl sites for hydroxylation is 1. The van der Waals surface area contributed by atoms with E-state index >= 15 is 0 Å². The molecule has 1 aliphatic heterocycles. The molecule has 2 aromatic heterocycles. The molecule has 1 aromatic carbocycles. The van der Waals surface area contributed by atoms with E-state index in [4.69, 9.17) is 4.74 Å². The van der Waals surface area contributed by atoms with Gasteiger partial charge in [-0.25, -0.2) is 9.97 Å². The van der Waals surface area contributed by atoms with Crippen LogP contribution in [-0.2, 0) is 9.53 Å². The minimum Gasteiger partial charge on any atom is -0.378 e. The molecule has 0 saturated carbocycles. The number of carbonyl (C=O) groups excluding carboxylic acids is 2. The molecule has 162 valence electrons. The first-order chi connectivity index (χ1) is 15.0. The molecular formula is C22H24N4O3S2. The van der Waals surface area contributed by atoms with Gasteiger partial charge in [0.05, 0.1) is 28.8 Å². The van der Waals surface area contributed by atoms with Gasteiger partial charge in [0.25, 0.3) is 0 Å². The maximum Gasteiger partial charge on any atom is 0.228 e. The summed E-state index contributed by atoms with van der Waals surface area (Å²) in [7, 11) is 0. The number of hydrogen-bond acceptors (Lipinski definition) is 8. The number of anilines is 3. The Labute approximate surface area is 188 Å². The fourth-order valence-corrected chi connectivity index (χ4v) is 5.15. The molecule has 0 radical (unpaired) electrons. The second-order valence-electron chi connectivity index (χ2n) is 7.47. The summed E-state index contributed by atoms with van der Waals surface area (Å²) in [5.74, 6) is -0.0495. The molecule has 3 aromatic rings. The van der Waals surface area contributed by atoms with Crippen molar-refractivity contribution in [2.75, 3.05) is 17.2 Å². The molecule has 1 saturated heterocycles. The van der Waals surface area contributed by atoms with E-state index in [9.17, 15) is 9.59 Å². The Morgan fingerprint density at radius 3 is 2.87 bits per heavy atom. The molecule has 0 spiro atoms. The summed E-state index contributed by atoms with van der Waals surface area (Å²) in [6, 6.07) is 7.34. The Hall–Kier alpha value is -2.62. The van der Waals surface area contributed by atoms with Gasteiger partial charge in [-0.05, 0) is 45.2 Å². The predicted molar refractivity (Wildman–Crippen MR) is 125 cm³/mol. The summed E-state index contributed by atoms with van der Waals surface area (Å²) >= 11 is 2.89. The SMILES string of the molecule is CC(=O)c1cccc(Nc2nc(-c3sc(NC(=O)CC4CCCCO4)nc3C)cs2)c1. The second kappa shape index (κ2) is 9.67. The van der Waals surface area contributed by atoms with Gasteiger partial charge in [0.2, 0.25) is 5.91 Å². The highest BCUT2D eigenvalue weighted by Gasteiger charge is 2.20. The molecule has 1 fully saturated rings. The maximum atomic E-state index is 12.3. The van der Waals surface area contributed by atoms with Crippen LogP contribution in [0.2, 0.25) is 0 Å². The van der Waals surface area contributed by atoms with Crippen LogP contribution in [0.5, 0.6) is 0 Å². The summed E-state index contributed by atoms with van der Waals surface area (Å²) in [6.45, 7) is 4.19. The van der Waals surface area contributed by atoms with Crippen molar-refractivity contribution in [3.8, 4) is 10.6 Å². The highest BCUT2D eigenvalue weighted by molar-refractivity contribution is 7.20. The molecule has 2 N–H and O–H groups in total. The molecule has 3 heterocycles. The van der Waals surface area contributed by atoms with E-state index < -0.39 is 0 Å². The van der Waals surface area contributed by atoms with Gasteiger partial charge in [-0.3, -0.25) is 9.59 Å². The van der Waals surface area contributed by atoms with E-state index in [0.29, 0.717) is 17.1 Å². The number of nitrogens with one attached hydrogen (secondary N) is 2. The lowest BCUT2D eigenvalue weighted by Crippen LogP contribution is -2.25. The van der Waals surface area contributed by atoms with Crippen molar-refractivity contribution in [2.24, 2.45) is 0 Å². The lowest BCUT2D eigenvalue weighted by molar-refractivity contribution is -0.119. The van der Waals surface area contributed by atoms with Crippen LogP contribution >= 0.6 is 22.7 Å². The van der Waals surface area contributed by atoms with Crippen LogP contribution in [-0.4, -0.2) is 34.4 Å². The first-order valence-electron chi connectivity index (χ1n) is 10.2. The number of benzene rings is 1. The van der Waals surface area contributed by atoms with E-state index in [2.05, 4.69) is 20.6 Å². The molecule has 1 unspecified atom stereocenters. The number of hydrogen-bond donors (Lipinski definition) is 2. The smallest absolute Gasteiger partial charge is 0.228 e. The topological polar surface area (TPSA) is 93.2 Å². The Morgan fingerprint density at radius 1 is 1.23 bits per heavy atom. The van der Waals surface area contributed by atoms with Crippen LogP contribution in [0.1, 0.15) is 48.7 Å². The summed E-state index contributed by atoms with van der Waals surface area (Å²) in [5, 5.41) is 9.41. The van der Waals surface area contributed by atoms with Gasteiger partial charge < -0.3 is 15.4 Å². The summed E-state index contributed by atoms with van der Waals surface area (Å²) < 4.78 is 5.64. The fourth-order valence-electron chi connectivity index (χ4n) is 3.41. The van der Waals surface area contributed by atoms with Gasteiger partial charge in [-0.1, -0.05) is 23.5 Å². The molecule has 0 aliphatic carbocycles. The number of ketones is 1. The van der Waals surface area contributed by atoms with Crippen LogP contribution in [0, 0.1) is 6.92 Å². The van der Waals surface area contributed by atoms with Gasteiger partial charge in [-0.15, -0.1) is 11.3 Å². The van der Waals surface area contributed by atoms with Gasteiger partial charge in [0.1, 0.15) is 0 Å². The number of carbonyl (C=O) groups is 2. The van der Waals surface area contributed by atoms with Gasteiger partial charge >= 0.3 is 0 Å². The Bertz CT molecular complexity index is 1090. The van der Waals surface area contributed by atoms with Crippen molar-refractivity contribution in [3.63, 3.8) is 0 Å². The van der Waals surface area contributed by atoms with Crippen LogP contribution < -0.4 is 10.6 Å². The third-order valence-electron chi connectivity index (χ3n) is 4.99. The number of amides is 1. The van der Waals surface area contributed by atoms with Gasteiger partial charge in [0, 0.05) is 23.2 Å². The molecule has 7 nitrogen and oxygen atoms in total. The molecule has 0 bridgehead atoms. The third-order valence-corrected chi connectivity index (χ3v) is 6.84. The van der Waals surface area contributed by atoms with E-state index in [1.807, 2.05) is 30.5 Å². The Balaban J connectivity index is 1.42. The van der Waals surface area contributed by atoms with E-state index in [0.717, 1.165) is 53.0 Å².